The molecule has 0 spiro atoms. The van der Waals surface area contributed by atoms with Crippen molar-refractivity contribution in [3.63, 3.8) is 0 Å². The van der Waals surface area contributed by atoms with Crippen molar-refractivity contribution in [3.8, 4) is 11.5 Å². The maximum absolute atomic E-state index is 12.6. The number of hydrogen-bond donors (Lipinski definition) is 0. The maximum atomic E-state index is 12.6. The highest BCUT2D eigenvalue weighted by Gasteiger charge is 2.28. The molecule has 1 aliphatic rings. The van der Waals surface area contributed by atoms with Gasteiger partial charge in [-0.2, -0.15) is 5.10 Å². The average Bonchev–Trinajstić information content (AvgIpc) is 3.20. The summed E-state index contributed by atoms with van der Waals surface area (Å²) in [5.74, 6) is 0.664. The third kappa shape index (κ3) is 3.96. The van der Waals surface area contributed by atoms with Crippen LogP contribution in [0.3, 0.4) is 0 Å². The molecule has 0 bridgehead atoms. The number of esters is 1. The molecule has 0 amide bonds. The Morgan fingerprint density at radius 3 is 2.67 bits per heavy atom. The zero-order chi connectivity index (χ0) is 19.6. The van der Waals surface area contributed by atoms with Crippen LogP contribution in [0.4, 0.5) is 0 Å². The van der Waals surface area contributed by atoms with E-state index in [0.717, 1.165) is 12.0 Å². The molecular weight excluding hydrogens is 392 g/mol. The van der Waals surface area contributed by atoms with Gasteiger partial charge in [0.2, 0.25) is 6.79 Å². The van der Waals surface area contributed by atoms with Crippen molar-refractivity contribution < 1.29 is 23.2 Å². The van der Waals surface area contributed by atoms with Crippen molar-refractivity contribution in [1.29, 1.82) is 0 Å². The zero-order valence-corrected chi connectivity index (χ0v) is 17.0. The van der Waals surface area contributed by atoms with Gasteiger partial charge >= 0.3 is 5.97 Å². The summed E-state index contributed by atoms with van der Waals surface area (Å²) in [4.78, 5) is 12.6. The molecule has 0 radical (unpaired) electrons. The van der Waals surface area contributed by atoms with Gasteiger partial charge in [0.05, 0.1) is 23.1 Å². The number of hydrogen-bond acceptors (Lipinski definition) is 6. The molecule has 2 heterocycles. The second kappa shape index (κ2) is 8.31. The first-order valence-corrected chi connectivity index (χ1v) is 10.6. The van der Waals surface area contributed by atoms with Gasteiger partial charge in [0.15, 0.2) is 16.5 Å². The fraction of sp³-hybridized carbons (Fsp3) is 0.444. The smallest absolute Gasteiger partial charge is 0.342 e. The number of carbonyl (C=O) groups is 1. The highest BCUT2D eigenvalue weighted by molar-refractivity contribution is 7.84. The number of halogens is 1. The third-order valence-corrected chi connectivity index (χ3v) is 5.29. The third-order valence-electron chi connectivity index (χ3n) is 4.11. The number of nitrogens with zero attached hydrogens (tertiary/aromatic N) is 2. The maximum Gasteiger partial charge on any atom is 0.342 e. The van der Waals surface area contributed by atoms with Crippen molar-refractivity contribution in [2.75, 3.05) is 19.7 Å². The number of carbonyl (C=O) groups excluding carboxylic acids is 1. The lowest BCUT2D eigenvalue weighted by Crippen LogP contribution is -2.12. The number of ether oxygens (including phenoxy) is 3. The number of benzene rings is 1. The van der Waals surface area contributed by atoms with Crippen molar-refractivity contribution >= 4 is 28.4 Å². The fourth-order valence-corrected chi connectivity index (χ4v) is 3.86. The molecule has 0 aliphatic carbocycles. The zero-order valence-electron chi connectivity index (χ0n) is 15.4. The van der Waals surface area contributed by atoms with Crippen LogP contribution in [-0.2, 0) is 28.5 Å². The number of aryl methyl sites for hydroxylation is 1. The largest absolute Gasteiger partial charge is 0.462 e. The molecule has 0 saturated heterocycles. The van der Waals surface area contributed by atoms with E-state index in [0.29, 0.717) is 35.2 Å². The standard InChI is InChI=1S/C18H21ClN2O5S/c1-4-6-21-13(16(18(22)24-5-2)17(20-21)27(3)23)7-11-8-14-15(9-12(11)19)26-10-25-14/h8-9H,4-7,10H2,1-3H3. The number of aromatic nitrogens is 2. The lowest BCUT2D eigenvalue weighted by atomic mass is 10.1. The first kappa shape index (κ1) is 19.7. The Labute approximate surface area is 165 Å². The van der Waals surface area contributed by atoms with Crippen LogP contribution in [-0.4, -0.2) is 39.6 Å². The van der Waals surface area contributed by atoms with Gasteiger partial charge in [0, 0.05) is 30.3 Å². The summed E-state index contributed by atoms with van der Waals surface area (Å²) in [6.45, 7) is 4.69. The molecule has 0 fully saturated rings. The average molecular weight is 413 g/mol. The van der Waals surface area contributed by atoms with Crippen molar-refractivity contribution in [3.05, 3.63) is 34.0 Å². The first-order valence-electron chi connectivity index (χ1n) is 8.64. The summed E-state index contributed by atoms with van der Waals surface area (Å²) in [7, 11) is -1.43. The van der Waals surface area contributed by atoms with Gasteiger partial charge < -0.3 is 14.2 Å². The van der Waals surface area contributed by atoms with Crippen LogP contribution >= 0.6 is 11.6 Å². The molecule has 27 heavy (non-hydrogen) atoms. The molecule has 1 unspecified atom stereocenters. The summed E-state index contributed by atoms with van der Waals surface area (Å²) in [5.41, 5.74) is 1.64. The van der Waals surface area contributed by atoms with E-state index in [4.69, 9.17) is 25.8 Å². The second-order valence-corrected chi connectivity index (χ2v) is 7.70. The first-order chi connectivity index (χ1) is 13.0. The molecule has 2 aromatic rings. The Bertz CT molecular complexity index is 896. The highest BCUT2D eigenvalue weighted by atomic mass is 35.5. The Balaban J connectivity index is 2.10. The molecular formula is C18H21ClN2O5S. The normalized spacial score (nSPS) is 13.6. The summed E-state index contributed by atoms with van der Waals surface area (Å²) >= 11 is 6.41. The summed E-state index contributed by atoms with van der Waals surface area (Å²) in [6.07, 6.45) is 2.63. The minimum Gasteiger partial charge on any atom is -0.462 e. The van der Waals surface area contributed by atoms with E-state index >= 15 is 0 Å². The number of fused-ring (bicyclic) bond motifs is 1. The summed E-state index contributed by atoms with van der Waals surface area (Å²) in [5, 5.41) is 5.15. The van der Waals surface area contributed by atoms with Gasteiger partial charge in [-0.25, -0.2) is 4.79 Å². The predicted octanol–water partition coefficient (Wildman–Crippen LogP) is 3.18. The van der Waals surface area contributed by atoms with Gasteiger partial charge in [-0.05, 0) is 25.0 Å². The van der Waals surface area contributed by atoms with Crippen LogP contribution in [0, 0.1) is 0 Å². The van der Waals surface area contributed by atoms with Crippen LogP contribution in [0.15, 0.2) is 17.2 Å². The molecule has 1 aliphatic heterocycles. The molecule has 7 nitrogen and oxygen atoms in total. The highest BCUT2D eigenvalue weighted by Crippen LogP contribution is 2.38. The fourth-order valence-electron chi connectivity index (χ4n) is 2.93. The van der Waals surface area contributed by atoms with Crippen LogP contribution in [0.25, 0.3) is 0 Å². The minimum absolute atomic E-state index is 0.149. The van der Waals surface area contributed by atoms with E-state index in [1.807, 2.05) is 6.92 Å². The monoisotopic (exact) mass is 412 g/mol. The van der Waals surface area contributed by atoms with E-state index in [-0.39, 0.29) is 24.0 Å². The van der Waals surface area contributed by atoms with Crippen molar-refractivity contribution in [2.24, 2.45) is 0 Å². The number of rotatable bonds is 7. The lowest BCUT2D eigenvalue weighted by Gasteiger charge is -2.11. The van der Waals surface area contributed by atoms with Gasteiger partial charge in [0.25, 0.3) is 0 Å². The predicted molar refractivity (Wildman–Crippen MR) is 101 cm³/mol. The molecule has 1 aromatic heterocycles. The van der Waals surface area contributed by atoms with Crippen LogP contribution < -0.4 is 9.47 Å². The lowest BCUT2D eigenvalue weighted by molar-refractivity contribution is 0.0520. The Morgan fingerprint density at radius 2 is 2.04 bits per heavy atom. The quantitative estimate of drug-likeness (QED) is 0.650. The molecule has 146 valence electrons. The van der Waals surface area contributed by atoms with E-state index in [1.165, 1.54) is 6.26 Å². The molecule has 0 N–H and O–H groups in total. The molecule has 9 heteroatoms. The molecule has 0 saturated carbocycles. The van der Waals surface area contributed by atoms with Crippen molar-refractivity contribution in [1.82, 2.24) is 9.78 Å². The van der Waals surface area contributed by atoms with Crippen LogP contribution in [0.5, 0.6) is 11.5 Å². The molecule has 3 rings (SSSR count). The van der Waals surface area contributed by atoms with E-state index < -0.39 is 16.8 Å². The Hall–Kier alpha value is -2.06. The Kier molecular flexibility index (Phi) is 6.06. The van der Waals surface area contributed by atoms with Crippen molar-refractivity contribution in [2.45, 2.75) is 38.3 Å². The van der Waals surface area contributed by atoms with Gasteiger partial charge in [-0.3, -0.25) is 8.89 Å². The van der Waals surface area contributed by atoms with E-state index in [2.05, 4.69) is 5.10 Å². The minimum atomic E-state index is -1.43. The van der Waals surface area contributed by atoms with Crippen LogP contribution in [0.2, 0.25) is 5.02 Å². The topological polar surface area (TPSA) is 79.7 Å². The summed E-state index contributed by atoms with van der Waals surface area (Å²) in [6, 6.07) is 3.49. The van der Waals surface area contributed by atoms with Gasteiger partial charge in [-0.15, -0.1) is 0 Å². The van der Waals surface area contributed by atoms with E-state index in [9.17, 15) is 9.00 Å². The summed E-state index contributed by atoms with van der Waals surface area (Å²) < 4.78 is 29.8. The van der Waals surface area contributed by atoms with E-state index in [1.54, 1.807) is 23.7 Å². The molecule has 1 atom stereocenters. The molecule has 1 aromatic carbocycles. The van der Waals surface area contributed by atoms with Gasteiger partial charge in [-0.1, -0.05) is 18.5 Å². The SMILES string of the molecule is CCCn1nc(S(C)=O)c(C(=O)OCC)c1Cc1cc2c(cc1Cl)OCO2. The van der Waals surface area contributed by atoms with Gasteiger partial charge in [0.1, 0.15) is 5.56 Å². The Morgan fingerprint density at radius 1 is 1.33 bits per heavy atom. The van der Waals surface area contributed by atoms with Crippen LogP contribution in [0.1, 0.15) is 41.9 Å². The second-order valence-electron chi connectivity index (χ2n) is 6.00.